The zero-order valence-electron chi connectivity index (χ0n) is 15.2. The Morgan fingerprint density at radius 1 is 0.931 bits per heavy atom. The summed E-state index contributed by atoms with van der Waals surface area (Å²) in [7, 11) is 0. The van der Waals surface area contributed by atoms with Crippen LogP contribution < -0.4 is 10.1 Å². The summed E-state index contributed by atoms with van der Waals surface area (Å²) >= 11 is 0. The highest BCUT2D eigenvalue weighted by Gasteiger charge is 2.61. The second-order valence-corrected chi connectivity index (χ2v) is 7.29. The molecule has 140 valence electrons. The summed E-state index contributed by atoms with van der Waals surface area (Å²) < 4.78 is 6.04. The number of amides is 1. The zero-order valence-corrected chi connectivity index (χ0v) is 15.2. The van der Waals surface area contributed by atoms with Crippen molar-refractivity contribution in [3.05, 3.63) is 82.1 Å². The fourth-order valence-electron chi connectivity index (χ4n) is 4.70. The molecule has 0 radical (unpaired) electrons. The molecule has 1 aromatic heterocycles. The van der Waals surface area contributed by atoms with Gasteiger partial charge < -0.3 is 10.1 Å². The van der Waals surface area contributed by atoms with E-state index in [0.29, 0.717) is 28.1 Å². The lowest BCUT2D eigenvalue weighted by Crippen LogP contribution is -2.47. The SMILES string of the molecule is Cc1[nH]nc2c1C1(C(=O)Nc3ccccc31)C1=C(O2)c2ccccc2C(=O)C1=O. The van der Waals surface area contributed by atoms with Crippen LogP contribution in [-0.2, 0) is 15.0 Å². The van der Waals surface area contributed by atoms with Crippen LogP contribution in [0.1, 0.15) is 32.7 Å². The van der Waals surface area contributed by atoms with Gasteiger partial charge in [0, 0.05) is 28.1 Å². The predicted molar refractivity (Wildman–Crippen MR) is 103 cm³/mol. The Kier molecular flexibility index (Phi) is 2.80. The van der Waals surface area contributed by atoms with Crippen LogP contribution in [0.3, 0.4) is 0 Å². The number of nitrogens with zero attached hydrogens (tertiary/aromatic N) is 1. The van der Waals surface area contributed by atoms with Crippen LogP contribution in [0.5, 0.6) is 5.88 Å². The number of ketones is 2. The van der Waals surface area contributed by atoms with Gasteiger partial charge in [0.15, 0.2) is 0 Å². The van der Waals surface area contributed by atoms with Gasteiger partial charge in [0.1, 0.15) is 11.2 Å². The number of hydrogen-bond donors (Lipinski definition) is 2. The van der Waals surface area contributed by atoms with E-state index in [1.54, 1.807) is 55.5 Å². The van der Waals surface area contributed by atoms with Crippen molar-refractivity contribution in [1.29, 1.82) is 0 Å². The maximum absolute atomic E-state index is 13.5. The molecular weight excluding hydrogens is 370 g/mol. The van der Waals surface area contributed by atoms with Crippen LogP contribution >= 0.6 is 0 Å². The quantitative estimate of drug-likeness (QED) is 0.581. The van der Waals surface area contributed by atoms with Crippen molar-refractivity contribution < 1.29 is 19.1 Å². The summed E-state index contributed by atoms with van der Waals surface area (Å²) in [4.78, 5) is 39.9. The summed E-state index contributed by atoms with van der Waals surface area (Å²) in [6.07, 6.45) is 0. The minimum Gasteiger partial charge on any atom is -0.436 e. The normalized spacial score (nSPS) is 21.3. The van der Waals surface area contributed by atoms with E-state index in [0.717, 1.165) is 0 Å². The summed E-state index contributed by atoms with van der Waals surface area (Å²) in [6, 6.07) is 13.9. The van der Waals surface area contributed by atoms with E-state index >= 15 is 0 Å². The first-order chi connectivity index (χ1) is 14.0. The summed E-state index contributed by atoms with van der Waals surface area (Å²) in [5, 5.41) is 9.97. The largest absolute Gasteiger partial charge is 0.436 e. The highest BCUT2D eigenvalue weighted by atomic mass is 16.5. The number of carbonyl (C=O) groups is 3. The lowest BCUT2D eigenvalue weighted by Gasteiger charge is -2.37. The van der Waals surface area contributed by atoms with Gasteiger partial charge in [-0.3, -0.25) is 19.5 Å². The third-order valence-electron chi connectivity index (χ3n) is 5.86. The number of fused-ring (bicyclic) bond motifs is 7. The minimum atomic E-state index is -1.50. The van der Waals surface area contributed by atoms with Gasteiger partial charge in [0.2, 0.25) is 23.4 Å². The molecule has 1 spiro atoms. The first kappa shape index (κ1) is 16.0. The van der Waals surface area contributed by atoms with Crippen molar-refractivity contribution in [2.75, 3.05) is 5.32 Å². The number of Topliss-reactive ketones (excluding diaryl/α,β-unsaturated/α-hetero) is 2. The molecule has 1 amide bonds. The van der Waals surface area contributed by atoms with E-state index in [4.69, 9.17) is 4.74 Å². The minimum absolute atomic E-state index is 0.0423. The number of ether oxygens (including phenoxy) is 1. The molecule has 3 heterocycles. The number of hydrogen-bond acceptors (Lipinski definition) is 5. The van der Waals surface area contributed by atoms with E-state index in [1.807, 2.05) is 0 Å². The fraction of sp³-hybridized carbons (Fsp3) is 0.0909. The summed E-state index contributed by atoms with van der Waals surface area (Å²) in [6.45, 7) is 1.76. The molecule has 0 fully saturated rings. The van der Waals surface area contributed by atoms with E-state index in [1.165, 1.54) is 0 Å². The smallest absolute Gasteiger partial charge is 0.244 e. The van der Waals surface area contributed by atoms with Crippen LogP contribution in [0.2, 0.25) is 0 Å². The number of aryl methyl sites for hydroxylation is 1. The lowest BCUT2D eigenvalue weighted by atomic mass is 9.64. The van der Waals surface area contributed by atoms with Crippen molar-refractivity contribution in [2.24, 2.45) is 0 Å². The number of carbonyl (C=O) groups excluding carboxylic acids is 3. The standard InChI is InChI=1S/C22H13N3O4/c1-10-15-20(25-24-10)29-19-12-7-3-2-6-11(12)17(26)18(27)16(19)22(15)13-8-4-5-9-14(13)23-21(22)28/h2-9H,1H3,(H,23,28)(H,24,25). The number of anilines is 1. The van der Waals surface area contributed by atoms with Crippen LogP contribution in [0.15, 0.2) is 54.1 Å². The van der Waals surface area contributed by atoms with Crippen molar-refractivity contribution in [3.63, 3.8) is 0 Å². The average molecular weight is 383 g/mol. The van der Waals surface area contributed by atoms with Gasteiger partial charge in [0.05, 0.1) is 11.1 Å². The second-order valence-electron chi connectivity index (χ2n) is 7.29. The number of rotatable bonds is 0. The van der Waals surface area contributed by atoms with Crippen LogP contribution in [-0.4, -0.2) is 27.7 Å². The molecule has 1 atom stereocenters. The van der Waals surface area contributed by atoms with Crippen LogP contribution in [0, 0.1) is 6.92 Å². The van der Waals surface area contributed by atoms with Gasteiger partial charge in [-0.1, -0.05) is 42.5 Å². The molecular formula is C22H13N3O4. The molecule has 7 nitrogen and oxygen atoms in total. The van der Waals surface area contributed by atoms with Gasteiger partial charge >= 0.3 is 0 Å². The summed E-state index contributed by atoms with van der Waals surface area (Å²) in [5.41, 5.74) is 1.53. The fourth-order valence-corrected chi connectivity index (χ4v) is 4.70. The highest BCUT2D eigenvalue weighted by molar-refractivity contribution is 6.54. The van der Waals surface area contributed by atoms with Crippen molar-refractivity contribution >= 4 is 28.9 Å². The Bertz CT molecular complexity index is 1330. The van der Waals surface area contributed by atoms with Gasteiger partial charge in [-0.2, -0.15) is 0 Å². The Morgan fingerprint density at radius 3 is 2.48 bits per heavy atom. The van der Waals surface area contributed by atoms with E-state index < -0.39 is 22.9 Å². The Balaban J connectivity index is 1.82. The molecule has 2 aromatic carbocycles. The van der Waals surface area contributed by atoms with Crippen molar-refractivity contribution in [3.8, 4) is 5.88 Å². The van der Waals surface area contributed by atoms with E-state index in [2.05, 4.69) is 15.5 Å². The molecule has 6 rings (SSSR count). The highest BCUT2D eigenvalue weighted by Crippen LogP contribution is 2.57. The number of aromatic amines is 1. The monoisotopic (exact) mass is 383 g/mol. The topological polar surface area (TPSA) is 101 Å². The number of para-hydroxylation sites is 1. The molecule has 2 N–H and O–H groups in total. The molecule has 2 aliphatic heterocycles. The van der Waals surface area contributed by atoms with Gasteiger partial charge in [-0.25, -0.2) is 0 Å². The molecule has 7 heteroatoms. The molecule has 0 saturated carbocycles. The van der Waals surface area contributed by atoms with E-state index in [9.17, 15) is 14.4 Å². The predicted octanol–water partition coefficient (Wildman–Crippen LogP) is 2.53. The third-order valence-corrected chi connectivity index (χ3v) is 5.86. The molecule has 1 aliphatic carbocycles. The van der Waals surface area contributed by atoms with Crippen LogP contribution in [0.4, 0.5) is 5.69 Å². The lowest BCUT2D eigenvalue weighted by molar-refractivity contribution is -0.121. The van der Waals surface area contributed by atoms with Crippen LogP contribution in [0.25, 0.3) is 5.76 Å². The third kappa shape index (κ3) is 1.69. The summed E-state index contributed by atoms with van der Waals surface area (Å²) in [5.74, 6) is -1.36. The number of H-pyrrole nitrogens is 1. The Morgan fingerprint density at radius 2 is 1.66 bits per heavy atom. The maximum atomic E-state index is 13.5. The maximum Gasteiger partial charge on any atom is 0.244 e. The number of nitrogens with one attached hydrogen (secondary N) is 2. The number of benzene rings is 2. The van der Waals surface area contributed by atoms with Gasteiger partial charge in [-0.15, -0.1) is 5.10 Å². The van der Waals surface area contributed by atoms with Crippen molar-refractivity contribution in [2.45, 2.75) is 12.3 Å². The van der Waals surface area contributed by atoms with Gasteiger partial charge in [0.25, 0.3) is 0 Å². The Hall–Kier alpha value is -4.00. The Labute approximate surface area is 164 Å². The molecule has 0 bridgehead atoms. The first-order valence-electron chi connectivity index (χ1n) is 9.12. The molecule has 0 saturated heterocycles. The molecule has 29 heavy (non-hydrogen) atoms. The second kappa shape index (κ2) is 5.08. The number of aromatic nitrogens is 2. The first-order valence-corrected chi connectivity index (χ1v) is 9.12. The van der Waals surface area contributed by atoms with Gasteiger partial charge in [-0.05, 0) is 13.0 Å². The van der Waals surface area contributed by atoms with E-state index in [-0.39, 0.29) is 22.8 Å². The molecule has 1 unspecified atom stereocenters. The van der Waals surface area contributed by atoms with Crippen molar-refractivity contribution in [1.82, 2.24) is 10.2 Å². The molecule has 3 aliphatic rings. The zero-order chi connectivity index (χ0) is 19.9. The average Bonchev–Trinajstić information content (AvgIpc) is 3.24. The molecule has 3 aromatic rings.